The van der Waals surface area contributed by atoms with Crippen molar-refractivity contribution in [1.82, 2.24) is 15.6 Å². The largest absolute Gasteiger partial charge is 0.352 e. The topological polar surface area (TPSA) is 83.1 Å². The number of carbonyl (C=O) groups excluding carboxylic acids is 2. The minimum absolute atomic E-state index is 0.0343. The zero-order valence-corrected chi connectivity index (χ0v) is 18.8. The third-order valence-electron chi connectivity index (χ3n) is 4.91. The molecule has 162 valence electrons. The molecule has 3 N–H and O–H groups in total. The van der Waals surface area contributed by atoms with E-state index in [2.05, 4.69) is 20.9 Å². The molecule has 0 spiro atoms. The second-order valence-corrected chi connectivity index (χ2v) is 8.42. The van der Waals surface area contributed by atoms with Crippen LogP contribution in [0.15, 0.2) is 60.0 Å². The average molecular weight is 437 g/mol. The highest BCUT2D eigenvalue weighted by atomic mass is 32.1. The minimum atomic E-state index is -0.682. The highest BCUT2D eigenvalue weighted by molar-refractivity contribution is 7.14. The number of rotatable bonds is 9. The van der Waals surface area contributed by atoms with Crippen molar-refractivity contribution in [2.75, 3.05) is 5.32 Å². The number of anilines is 2. The summed E-state index contributed by atoms with van der Waals surface area (Å²) in [4.78, 5) is 30.1. The second-order valence-electron chi connectivity index (χ2n) is 7.57. The number of benzene rings is 2. The van der Waals surface area contributed by atoms with E-state index in [9.17, 15) is 9.59 Å². The number of hydrogen-bond acceptors (Lipinski definition) is 5. The first-order chi connectivity index (χ1) is 14.9. The summed E-state index contributed by atoms with van der Waals surface area (Å²) in [7, 11) is 0. The highest BCUT2D eigenvalue weighted by Crippen LogP contribution is 2.21. The van der Waals surface area contributed by atoms with Crippen molar-refractivity contribution >= 4 is 34.0 Å². The summed E-state index contributed by atoms with van der Waals surface area (Å²) in [6, 6.07) is 16.9. The van der Waals surface area contributed by atoms with Crippen LogP contribution in [0.4, 0.5) is 10.8 Å². The van der Waals surface area contributed by atoms with Gasteiger partial charge in [0.15, 0.2) is 5.13 Å². The van der Waals surface area contributed by atoms with Crippen LogP contribution in [0.2, 0.25) is 0 Å². The number of nitrogens with one attached hydrogen (secondary N) is 3. The number of hydrogen-bond donors (Lipinski definition) is 3. The molecule has 1 aromatic heterocycles. The van der Waals surface area contributed by atoms with E-state index in [-0.39, 0.29) is 23.6 Å². The molecule has 0 saturated carbocycles. The standard InChI is InChI=1S/C24H28N4O2S/c1-4-17(3)25-22(29)20(14-18-10-6-5-7-11-18)27-23(30)21-15-31-24(28-21)26-19-12-8-9-16(2)13-19/h5-13,15,17,20H,4,14H2,1-3H3,(H,25,29)(H,26,28)(H,27,30)/t17-,20+/m0/s1. The van der Waals surface area contributed by atoms with Crippen LogP contribution in [-0.4, -0.2) is 28.9 Å². The van der Waals surface area contributed by atoms with Crippen molar-refractivity contribution < 1.29 is 9.59 Å². The van der Waals surface area contributed by atoms with Crippen LogP contribution < -0.4 is 16.0 Å². The molecule has 31 heavy (non-hydrogen) atoms. The fourth-order valence-corrected chi connectivity index (χ4v) is 3.73. The Morgan fingerprint density at radius 2 is 1.84 bits per heavy atom. The lowest BCUT2D eigenvalue weighted by molar-refractivity contribution is -0.123. The fourth-order valence-electron chi connectivity index (χ4n) is 3.02. The molecule has 6 nitrogen and oxygen atoms in total. The summed E-state index contributed by atoms with van der Waals surface area (Å²) in [5, 5.41) is 11.4. The quantitative estimate of drug-likeness (QED) is 0.463. The van der Waals surface area contributed by atoms with E-state index in [0.717, 1.165) is 23.2 Å². The molecule has 0 aliphatic carbocycles. The van der Waals surface area contributed by atoms with E-state index >= 15 is 0 Å². The Bertz CT molecular complexity index is 1020. The Kier molecular flexibility index (Phi) is 7.78. The van der Waals surface area contributed by atoms with E-state index in [1.807, 2.05) is 75.4 Å². The second kappa shape index (κ2) is 10.7. The predicted octanol–water partition coefficient (Wildman–Crippen LogP) is 4.45. The molecule has 3 aromatic rings. The molecule has 2 aromatic carbocycles. The first-order valence-electron chi connectivity index (χ1n) is 10.4. The lowest BCUT2D eigenvalue weighted by Crippen LogP contribution is -2.50. The first kappa shape index (κ1) is 22.5. The Hall–Kier alpha value is -3.19. The number of aryl methyl sites for hydroxylation is 1. The summed E-state index contributed by atoms with van der Waals surface area (Å²) in [5.41, 5.74) is 3.31. The van der Waals surface area contributed by atoms with E-state index in [1.165, 1.54) is 11.3 Å². The van der Waals surface area contributed by atoms with E-state index < -0.39 is 6.04 Å². The molecular weight excluding hydrogens is 408 g/mol. The van der Waals surface area contributed by atoms with Gasteiger partial charge in [0.25, 0.3) is 5.91 Å². The summed E-state index contributed by atoms with van der Waals surface area (Å²) in [6.07, 6.45) is 1.23. The molecule has 3 rings (SSSR count). The molecule has 0 radical (unpaired) electrons. The molecule has 0 aliphatic heterocycles. The van der Waals surface area contributed by atoms with Crippen molar-refractivity contribution in [2.24, 2.45) is 0 Å². The predicted molar refractivity (Wildman–Crippen MR) is 126 cm³/mol. The molecule has 0 aliphatic rings. The van der Waals surface area contributed by atoms with Crippen molar-refractivity contribution in [3.05, 3.63) is 76.8 Å². The van der Waals surface area contributed by atoms with Crippen molar-refractivity contribution in [3.63, 3.8) is 0 Å². The molecule has 0 fully saturated rings. The third-order valence-corrected chi connectivity index (χ3v) is 5.67. The van der Waals surface area contributed by atoms with Gasteiger partial charge < -0.3 is 16.0 Å². The zero-order valence-electron chi connectivity index (χ0n) is 18.0. The van der Waals surface area contributed by atoms with Crippen molar-refractivity contribution in [3.8, 4) is 0 Å². The van der Waals surface area contributed by atoms with Gasteiger partial charge >= 0.3 is 0 Å². The summed E-state index contributed by atoms with van der Waals surface area (Å²) in [5.74, 6) is -0.561. The first-order valence-corrected chi connectivity index (χ1v) is 11.3. The van der Waals surface area contributed by atoms with Gasteiger partial charge in [0.2, 0.25) is 5.91 Å². The SMILES string of the molecule is CC[C@H](C)NC(=O)[C@@H](Cc1ccccc1)NC(=O)c1csc(Nc2cccc(C)c2)n1. The van der Waals surface area contributed by atoms with Gasteiger partial charge in [-0.25, -0.2) is 4.98 Å². The lowest BCUT2D eigenvalue weighted by atomic mass is 10.0. The maximum absolute atomic E-state index is 12.9. The Morgan fingerprint density at radius 3 is 2.55 bits per heavy atom. The summed E-state index contributed by atoms with van der Waals surface area (Å²) in [6.45, 7) is 5.97. The zero-order chi connectivity index (χ0) is 22.2. The summed E-state index contributed by atoms with van der Waals surface area (Å²) < 4.78 is 0. The van der Waals surface area contributed by atoms with Gasteiger partial charge in [0.1, 0.15) is 11.7 Å². The van der Waals surface area contributed by atoms with Crippen molar-refractivity contribution in [2.45, 2.75) is 45.7 Å². The molecule has 1 heterocycles. The number of thiazole rings is 1. The van der Waals surface area contributed by atoms with E-state index in [1.54, 1.807) is 5.38 Å². The minimum Gasteiger partial charge on any atom is -0.352 e. The van der Waals surface area contributed by atoms with E-state index in [0.29, 0.717) is 11.6 Å². The van der Waals surface area contributed by atoms with Gasteiger partial charge in [-0.05, 0) is 43.5 Å². The Labute approximate surface area is 187 Å². The Morgan fingerprint density at radius 1 is 1.06 bits per heavy atom. The maximum Gasteiger partial charge on any atom is 0.271 e. The van der Waals surface area contributed by atoms with Crippen LogP contribution in [0, 0.1) is 6.92 Å². The molecule has 0 saturated heterocycles. The number of nitrogens with zero attached hydrogens (tertiary/aromatic N) is 1. The van der Waals surface area contributed by atoms with Gasteiger partial charge in [-0.2, -0.15) is 0 Å². The monoisotopic (exact) mass is 436 g/mol. The van der Waals surface area contributed by atoms with Crippen molar-refractivity contribution in [1.29, 1.82) is 0 Å². The molecule has 2 atom stereocenters. The number of aromatic nitrogens is 1. The van der Waals surface area contributed by atoms with Gasteiger partial charge in [-0.1, -0.05) is 49.4 Å². The van der Waals surface area contributed by atoms with Gasteiger partial charge in [-0.15, -0.1) is 11.3 Å². The number of amides is 2. The van der Waals surface area contributed by atoms with Crippen LogP contribution in [0.3, 0.4) is 0 Å². The average Bonchev–Trinajstić information content (AvgIpc) is 3.22. The van der Waals surface area contributed by atoms with Gasteiger partial charge in [0.05, 0.1) is 0 Å². The fraction of sp³-hybridized carbons (Fsp3) is 0.292. The van der Waals surface area contributed by atoms with Crippen LogP contribution >= 0.6 is 11.3 Å². The molecular formula is C24H28N4O2S. The molecule has 7 heteroatoms. The highest BCUT2D eigenvalue weighted by Gasteiger charge is 2.24. The normalized spacial score (nSPS) is 12.6. The van der Waals surface area contributed by atoms with Crippen LogP contribution in [0.5, 0.6) is 0 Å². The van der Waals surface area contributed by atoms with Gasteiger partial charge in [-0.3, -0.25) is 9.59 Å². The van der Waals surface area contributed by atoms with Gasteiger partial charge in [0, 0.05) is 23.5 Å². The van der Waals surface area contributed by atoms with Crippen LogP contribution in [0.25, 0.3) is 0 Å². The number of carbonyl (C=O) groups is 2. The Balaban J connectivity index is 1.70. The molecule has 0 unspecified atom stereocenters. The molecule has 0 bridgehead atoms. The van der Waals surface area contributed by atoms with E-state index in [4.69, 9.17) is 0 Å². The smallest absolute Gasteiger partial charge is 0.271 e. The lowest BCUT2D eigenvalue weighted by Gasteiger charge is -2.20. The maximum atomic E-state index is 12.9. The summed E-state index contributed by atoms with van der Waals surface area (Å²) >= 11 is 1.35. The van der Waals surface area contributed by atoms with Crippen LogP contribution in [0.1, 0.15) is 41.9 Å². The molecule has 2 amide bonds. The van der Waals surface area contributed by atoms with Crippen LogP contribution in [-0.2, 0) is 11.2 Å². The third kappa shape index (κ3) is 6.65.